The molecule has 272 valence electrons. The molecule has 0 spiro atoms. The summed E-state index contributed by atoms with van der Waals surface area (Å²) >= 11 is 0. The van der Waals surface area contributed by atoms with Crippen LogP contribution >= 0.6 is 0 Å². The Kier molecular flexibility index (Phi) is 18.0. The van der Waals surface area contributed by atoms with E-state index in [1.807, 2.05) is 62.4 Å². The van der Waals surface area contributed by atoms with Crippen LogP contribution in [0.5, 0.6) is 0 Å². The summed E-state index contributed by atoms with van der Waals surface area (Å²) in [6, 6.07) is 14.0. The van der Waals surface area contributed by atoms with Gasteiger partial charge < -0.3 is 45.5 Å². The topological polar surface area (TPSA) is 171 Å². The van der Waals surface area contributed by atoms with E-state index in [2.05, 4.69) is 27.8 Å². The Balaban J connectivity index is 1.16. The minimum absolute atomic E-state index is 0.0849. The maximum Gasteiger partial charge on any atom is 0.242 e. The highest BCUT2D eigenvalue weighted by atomic mass is 16.6. The van der Waals surface area contributed by atoms with Crippen molar-refractivity contribution in [2.75, 3.05) is 70.8 Å². The maximum atomic E-state index is 13.3. The van der Waals surface area contributed by atoms with E-state index in [1.165, 1.54) is 0 Å². The van der Waals surface area contributed by atoms with Gasteiger partial charge in [-0.2, -0.15) is 0 Å². The van der Waals surface area contributed by atoms with Crippen LogP contribution in [0.2, 0.25) is 0 Å². The van der Waals surface area contributed by atoms with Crippen molar-refractivity contribution in [3.05, 3.63) is 65.2 Å². The van der Waals surface area contributed by atoms with Crippen molar-refractivity contribution < 1.29 is 38.1 Å². The molecule has 0 saturated heterocycles. The van der Waals surface area contributed by atoms with E-state index < -0.39 is 12.1 Å². The Morgan fingerprint density at radius 1 is 0.720 bits per heavy atom. The fourth-order valence-electron chi connectivity index (χ4n) is 4.84. The van der Waals surface area contributed by atoms with E-state index in [1.54, 1.807) is 11.8 Å². The van der Waals surface area contributed by atoms with Gasteiger partial charge in [-0.3, -0.25) is 19.2 Å². The zero-order chi connectivity index (χ0) is 36.1. The van der Waals surface area contributed by atoms with Gasteiger partial charge in [-0.15, -0.1) is 0 Å². The van der Waals surface area contributed by atoms with Gasteiger partial charge in [0.2, 0.25) is 23.6 Å². The number of amides is 4. The Labute approximate surface area is 294 Å². The van der Waals surface area contributed by atoms with Gasteiger partial charge in [0.05, 0.1) is 71.1 Å². The molecule has 0 unspecified atom stereocenters. The summed E-state index contributed by atoms with van der Waals surface area (Å²) < 4.78 is 21.9. The highest BCUT2D eigenvalue weighted by Gasteiger charge is 2.25. The molecule has 0 fully saturated rings. The Morgan fingerprint density at radius 3 is 1.96 bits per heavy atom. The average molecular weight is 694 g/mol. The van der Waals surface area contributed by atoms with Crippen LogP contribution in [0.15, 0.2) is 48.5 Å². The normalized spacial score (nSPS) is 13.1. The smallest absolute Gasteiger partial charge is 0.242 e. The van der Waals surface area contributed by atoms with Crippen molar-refractivity contribution in [1.29, 1.82) is 0 Å². The number of anilines is 1. The summed E-state index contributed by atoms with van der Waals surface area (Å²) in [6.07, 6.45) is 0.339. The molecule has 1 aliphatic heterocycles. The summed E-state index contributed by atoms with van der Waals surface area (Å²) in [7, 11) is 0. The van der Waals surface area contributed by atoms with E-state index in [0.717, 1.165) is 22.4 Å². The maximum absolute atomic E-state index is 13.3. The molecule has 0 radical (unpaired) electrons. The zero-order valence-corrected chi connectivity index (χ0v) is 29.3. The van der Waals surface area contributed by atoms with Gasteiger partial charge in [0.15, 0.2) is 0 Å². The van der Waals surface area contributed by atoms with Crippen molar-refractivity contribution in [3.63, 3.8) is 0 Å². The third-order valence-electron chi connectivity index (χ3n) is 7.63. The summed E-state index contributed by atoms with van der Waals surface area (Å²) in [5.41, 5.74) is 9.00. The van der Waals surface area contributed by atoms with Gasteiger partial charge in [0.1, 0.15) is 6.04 Å². The first kappa shape index (κ1) is 40.1. The molecule has 5 N–H and O–H groups in total. The molecule has 3 rings (SSSR count). The molecule has 0 saturated carbocycles. The first-order chi connectivity index (χ1) is 24.2. The fraction of sp³-hybridized carbons (Fsp3) is 0.514. The quantitative estimate of drug-likeness (QED) is 0.105. The number of hydrogen-bond donors (Lipinski definition) is 4. The lowest BCUT2D eigenvalue weighted by Gasteiger charge is -2.26. The standard InChI is InChI=1S/C37H51N5O8/c1-27(2)35(41-36(45)28(3)38)37(46)40-17-19-48-21-23-50-25-24-49-22-20-47-18-15-33(43)39-16-14-34(44)42-26-31-10-5-4-8-29(31)12-13-30-9-6-7-11-32(30)42/h4-11,27-28,35H,14-26,38H2,1-3H3,(H,39,43)(H,40,46)(H,41,45)/t28-,35-/m1/s1. The SMILES string of the molecule is CC(C)[C@@H](NC(=O)[C@@H](C)N)C(=O)NCCOCCOCCOCCOCCC(=O)NCCC(=O)N1Cc2ccccc2C#Cc2ccccc21. The summed E-state index contributed by atoms with van der Waals surface area (Å²) in [5.74, 6) is 5.37. The van der Waals surface area contributed by atoms with E-state index in [4.69, 9.17) is 24.7 Å². The lowest BCUT2D eigenvalue weighted by Crippen LogP contribution is -2.53. The molecule has 13 nitrogen and oxygen atoms in total. The number of ether oxygens (including phenoxy) is 4. The number of hydrogen-bond acceptors (Lipinski definition) is 9. The van der Waals surface area contributed by atoms with Crippen LogP contribution in [-0.4, -0.2) is 102 Å². The van der Waals surface area contributed by atoms with Crippen molar-refractivity contribution in [3.8, 4) is 11.8 Å². The Morgan fingerprint density at radius 2 is 1.30 bits per heavy atom. The second kappa shape index (κ2) is 22.4. The molecule has 1 heterocycles. The predicted octanol–water partition coefficient (Wildman–Crippen LogP) is 1.50. The van der Waals surface area contributed by atoms with Crippen molar-refractivity contribution in [1.82, 2.24) is 16.0 Å². The van der Waals surface area contributed by atoms with Crippen LogP contribution in [0.3, 0.4) is 0 Å². The Hall–Kier alpha value is -4.32. The summed E-state index contributed by atoms with van der Waals surface area (Å²) in [5, 5.41) is 8.22. The number of rotatable bonds is 22. The number of benzene rings is 2. The van der Waals surface area contributed by atoms with Crippen LogP contribution in [0.4, 0.5) is 5.69 Å². The molecular formula is C37H51N5O8. The van der Waals surface area contributed by atoms with Crippen molar-refractivity contribution in [2.24, 2.45) is 11.7 Å². The molecule has 2 aromatic rings. The molecular weight excluding hydrogens is 642 g/mol. The minimum Gasteiger partial charge on any atom is -0.379 e. The van der Waals surface area contributed by atoms with Gasteiger partial charge in [-0.05, 0) is 36.6 Å². The molecule has 4 amide bonds. The van der Waals surface area contributed by atoms with Crippen LogP contribution in [0.1, 0.15) is 50.3 Å². The molecule has 50 heavy (non-hydrogen) atoms. The fourth-order valence-corrected chi connectivity index (χ4v) is 4.84. The summed E-state index contributed by atoms with van der Waals surface area (Å²) in [4.78, 5) is 51.5. The highest BCUT2D eigenvalue weighted by Crippen LogP contribution is 2.25. The van der Waals surface area contributed by atoms with Gasteiger partial charge in [0.25, 0.3) is 0 Å². The van der Waals surface area contributed by atoms with Crippen LogP contribution in [0.25, 0.3) is 0 Å². The first-order valence-electron chi connectivity index (χ1n) is 17.1. The second-order valence-corrected chi connectivity index (χ2v) is 12.0. The lowest BCUT2D eigenvalue weighted by molar-refractivity contribution is -0.130. The third kappa shape index (κ3) is 14.3. The number of nitrogens with zero attached hydrogens (tertiary/aromatic N) is 1. The number of fused-ring (bicyclic) bond motifs is 2. The van der Waals surface area contributed by atoms with Crippen LogP contribution < -0.4 is 26.6 Å². The molecule has 1 aliphatic rings. The van der Waals surface area contributed by atoms with Crippen molar-refractivity contribution >= 4 is 29.3 Å². The number of carbonyl (C=O) groups is 4. The minimum atomic E-state index is -0.690. The number of para-hydroxylation sites is 1. The molecule has 0 aliphatic carbocycles. The number of nitrogens with one attached hydrogen (secondary N) is 3. The van der Waals surface area contributed by atoms with Gasteiger partial charge in [0, 0.05) is 37.1 Å². The molecule has 0 bridgehead atoms. The number of carbonyl (C=O) groups excluding carboxylic acids is 4. The van der Waals surface area contributed by atoms with Crippen LogP contribution in [-0.2, 0) is 44.7 Å². The average Bonchev–Trinajstić information content (AvgIpc) is 3.09. The highest BCUT2D eigenvalue weighted by molar-refractivity contribution is 5.95. The van der Waals surface area contributed by atoms with Gasteiger partial charge >= 0.3 is 0 Å². The van der Waals surface area contributed by atoms with Gasteiger partial charge in [-0.25, -0.2) is 0 Å². The van der Waals surface area contributed by atoms with E-state index >= 15 is 0 Å². The predicted molar refractivity (Wildman–Crippen MR) is 189 cm³/mol. The zero-order valence-electron chi connectivity index (χ0n) is 29.3. The monoisotopic (exact) mass is 693 g/mol. The van der Waals surface area contributed by atoms with E-state index in [0.29, 0.717) is 59.3 Å². The first-order valence-corrected chi connectivity index (χ1v) is 17.1. The van der Waals surface area contributed by atoms with Gasteiger partial charge in [-0.1, -0.05) is 56.0 Å². The largest absolute Gasteiger partial charge is 0.379 e. The molecule has 0 aromatic heterocycles. The van der Waals surface area contributed by atoms with Crippen LogP contribution in [0, 0.1) is 17.8 Å². The molecule has 2 atom stereocenters. The number of nitrogens with two attached hydrogens (primary N) is 1. The van der Waals surface area contributed by atoms with E-state index in [9.17, 15) is 19.2 Å². The Bertz CT molecular complexity index is 1450. The third-order valence-corrected chi connectivity index (χ3v) is 7.63. The van der Waals surface area contributed by atoms with E-state index in [-0.39, 0.29) is 55.5 Å². The van der Waals surface area contributed by atoms with Crippen molar-refractivity contribution in [2.45, 2.75) is 52.2 Å². The molecule has 2 aromatic carbocycles. The second-order valence-electron chi connectivity index (χ2n) is 12.0. The lowest BCUT2D eigenvalue weighted by atomic mass is 10.0. The summed E-state index contributed by atoms with van der Waals surface area (Å²) in [6.45, 7) is 8.97. The molecule has 13 heteroatoms.